The van der Waals surface area contributed by atoms with Crippen LogP contribution in [-0.2, 0) is 30.4 Å². The van der Waals surface area contributed by atoms with Gasteiger partial charge in [-0.15, -0.1) is 0 Å². The molecule has 1 aromatic rings. The molecule has 0 radical (unpaired) electrons. The third-order valence-electron chi connectivity index (χ3n) is 5.20. The average Bonchev–Trinajstić information content (AvgIpc) is 2.73. The molecule has 33 heavy (non-hydrogen) atoms. The molecule has 0 heterocycles. The molecule has 0 spiro atoms. The normalized spacial score (nSPS) is 12.7. The number of aromatic hydroxyl groups is 1. The highest BCUT2D eigenvalue weighted by Crippen LogP contribution is 2.19. The van der Waals surface area contributed by atoms with Crippen LogP contribution in [0.3, 0.4) is 0 Å². The van der Waals surface area contributed by atoms with Gasteiger partial charge in [0, 0.05) is 31.6 Å². The lowest BCUT2D eigenvalue weighted by Gasteiger charge is -2.23. The molecule has 5 N–H and O–H groups in total. The molecule has 1 rings (SSSR count). The lowest BCUT2D eigenvalue weighted by molar-refractivity contribution is -0.139. The van der Waals surface area contributed by atoms with Crippen molar-refractivity contribution in [3.8, 4) is 5.75 Å². The summed E-state index contributed by atoms with van der Waals surface area (Å²) < 4.78 is 0. The number of benzene rings is 1. The quantitative estimate of drug-likeness (QED) is 0.292. The Hall–Kier alpha value is -3.23. The van der Waals surface area contributed by atoms with Crippen LogP contribution in [0.5, 0.6) is 5.75 Å². The highest BCUT2D eigenvalue weighted by Gasteiger charge is 2.28. The molecule has 9 nitrogen and oxygen atoms in total. The molecular formula is C24H34N2O7. The molecule has 0 fully saturated rings. The Balaban J connectivity index is 2.80. The fourth-order valence-corrected chi connectivity index (χ4v) is 3.47. The van der Waals surface area contributed by atoms with E-state index in [4.69, 9.17) is 10.8 Å². The Morgan fingerprint density at radius 1 is 0.970 bits per heavy atom. The second kappa shape index (κ2) is 14.0. The van der Waals surface area contributed by atoms with Gasteiger partial charge in [0.25, 0.3) is 0 Å². The predicted molar refractivity (Wildman–Crippen MR) is 121 cm³/mol. The Kier molecular flexibility index (Phi) is 11.8. The zero-order chi connectivity index (χ0) is 25.0. The summed E-state index contributed by atoms with van der Waals surface area (Å²) in [5, 5.41) is 20.8. The molecule has 0 aliphatic heterocycles. The molecule has 0 aliphatic rings. The summed E-state index contributed by atoms with van der Waals surface area (Å²) in [4.78, 5) is 59.9. The minimum absolute atomic E-state index is 0.00789. The van der Waals surface area contributed by atoms with Gasteiger partial charge in [-0.05, 0) is 42.9 Å². The van der Waals surface area contributed by atoms with Crippen molar-refractivity contribution in [3.63, 3.8) is 0 Å². The number of Topliss-reactive ketones (excluding diaryl/α,β-unsaturated/α-hetero) is 2. The standard InChI is InChI=1S/C24H34N2O7/c1-15(2)13-17(14-19(28)8-5-16-3-6-18(27)7-4-16)24(33)26-20(9-11-22(25)30)21(29)10-12-23(31)32/h3-4,6-7,15,17,20,27H,5,8-14H2,1-2H3,(H2,25,30)(H,26,33)(H,31,32)/t17-,20+/m1/s1. The van der Waals surface area contributed by atoms with E-state index in [1.807, 2.05) is 13.8 Å². The van der Waals surface area contributed by atoms with Gasteiger partial charge in [0.15, 0.2) is 5.78 Å². The first-order valence-corrected chi connectivity index (χ1v) is 11.1. The number of aryl methyl sites for hydroxylation is 1. The first kappa shape index (κ1) is 27.8. The zero-order valence-corrected chi connectivity index (χ0v) is 19.2. The van der Waals surface area contributed by atoms with Gasteiger partial charge in [-0.3, -0.25) is 24.0 Å². The number of nitrogens with one attached hydrogen (secondary N) is 1. The molecule has 1 aromatic carbocycles. The van der Waals surface area contributed by atoms with Crippen molar-refractivity contribution in [1.29, 1.82) is 0 Å². The molecule has 2 amide bonds. The van der Waals surface area contributed by atoms with Crippen molar-refractivity contribution in [1.82, 2.24) is 5.32 Å². The smallest absolute Gasteiger partial charge is 0.303 e. The lowest BCUT2D eigenvalue weighted by Crippen LogP contribution is -2.45. The number of ketones is 2. The van der Waals surface area contributed by atoms with Gasteiger partial charge >= 0.3 is 5.97 Å². The maximum atomic E-state index is 12.9. The zero-order valence-electron chi connectivity index (χ0n) is 19.2. The summed E-state index contributed by atoms with van der Waals surface area (Å²) in [6, 6.07) is 5.51. The molecule has 0 aliphatic carbocycles. The Labute approximate surface area is 193 Å². The second-order valence-electron chi connectivity index (χ2n) is 8.66. The molecule has 182 valence electrons. The van der Waals surface area contributed by atoms with E-state index in [1.165, 1.54) is 0 Å². The van der Waals surface area contributed by atoms with E-state index in [-0.39, 0.29) is 56.0 Å². The van der Waals surface area contributed by atoms with Gasteiger partial charge in [0.2, 0.25) is 11.8 Å². The summed E-state index contributed by atoms with van der Waals surface area (Å²) in [6.07, 6.45) is 0.329. The van der Waals surface area contributed by atoms with Crippen molar-refractivity contribution in [2.24, 2.45) is 17.6 Å². The summed E-state index contributed by atoms with van der Waals surface area (Å²) in [5.41, 5.74) is 6.05. The first-order valence-electron chi connectivity index (χ1n) is 11.1. The number of aliphatic carboxylic acids is 1. The number of hydrogen-bond acceptors (Lipinski definition) is 6. The summed E-state index contributed by atoms with van der Waals surface area (Å²) in [6.45, 7) is 3.84. The van der Waals surface area contributed by atoms with E-state index >= 15 is 0 Å². The number of carboxylic acid groups (broad SMARTS) is 1. The molecule has 0 bridgehead atoms. The van der Waals surface area contributed by atoms with Crippen LogP contribution < -0.4 is 11.1 Å². The second-order valence-corrected chi connectivity index (χ2v) is 8.66. The van der Waals surface area contributed by atoms with Crippen molar-refractivity contribution in [2.75, 3.05) is 0 Å². The highest BCUT2D eigenvalue weighted by atomic mass is 16.4. The predicted octanol–water partition coefficient (Wildman–Crippen LogP) is 2.13. The van der Waals surface area contributed by atoms with Gasteiger partial charge in [0.05, 0.1) is 12.5 Å². The minimum Gasteiger partial charge on any atom is -0.508 e. The molecule has 9 heteroatoms. The monoisotopic (exact) mass is 462 g/mol. The average molecular weight is 463 g/mol. The first-order chi connectivity index (χ1) is 15.5. The minimum atomic E-state index is -1.14. The fourth-order valence-electron chi connectivity index (χ4n) is 3.47. The number of rotatable bonds is 16. The molecule has 0 aromatic heterocycles. The van der Waals surface area contributed by atoms with Gasteiger partial charge in [-0.1, -0.05) is 26.0 Å². The van der Waals surface area contributed by atoms with Crippen molar-refractivity contribution >= 4 is 29.4 Å². The number of nitrogens with two attached hydrogens (primary N) is 1. The summed E-state index contributed by atoms with van der Waals surface area (Å²) in [7, 11) is 0. The Bertz CT molecular complexity index is 834. The lowest BCUT2D eigenvalue weighted by atomic mass is 9.89. The number of phenols is 1. The topological polar surface area (TPSA) is 164 Å². The van der Waals surface area contributed by atoms with E-state index in [9.17, 15) is 29.1 Å². The number of carbonyl (C=O) groups is 5. The third-order valence-corrected chi connectivity index (χ3v) is 5.20. The van der Waals surface area contributed by atoms with Crippen LogP contribution in [-0.4, -0.2) is 45.6 Å². The van der Waals surface area contributed by atoms with Crippen LogP contribution in [0.25, 0.3) is 0 Å². The molecule has 0 saturated carbocycles. The molecule has 0 unspecified atom stereocenters. The maximum Gasteiger partial charge on any atom is 0.303 e. The number of amides is 2. The Morgan fingerprint density at radius 3 is 2.15 bits per heavy atom. The van der Waals surface area contributed by atoms with Gasteiger partial charge in [-0.2, -0.15) is 0 Å². The highest BCUT2D eigenvalue weighted by molar-refractivity contribution is 5.93. The number of hydrogen-bond donors (Lipinski definition) is 4. The number of phenolic OH excluding ortho intramolecular Hbond substituents is 1. The molecule has 0 saturated heterocycles. The van der Waals surface area contributed by atoms with Gasteiger partial charge in [-0.25, -0.2) is 0 Å². The van der Waals surface area contributed by atoms with Crippen LogP contribution in [0, 0.1) is 11.8 Å². The summed E-state index contributed by atoms with van der Waals surface area (Å²) >= 11 is 0. The largest absolute Gasteiger partial charge is 0.508 e. The van der Waals surface area contributed by atoms with Crippen LogP contribution >= 0.6 is 0 Å². The van der Waals surface area contributed by atoms with E-state index in [2.05, 4.69) is 5.32 Å². The van der Waals surface area contributed by atoms with Gasteiger partial charge < -0.3 is 21.3 Å². The van der Waals surface area contributed by atoms with Crippen molar-refractivity contribution < 1.29 is 34.2 Å². The van der Waals surface area contributed by atoms with Crippen molar-refractivity contribution in [2.45, 2.75) is 71.3 Å². The SMILES string of the molecule is CC(C)C[C@H](CC(=O)CCc1ccc(O)cc1)C(=O)N[C@@H](CCC(N)=O)C(=O)CCC(=O)O. The van der Waals surface area contributed by atoms with Crippen molar-refractivity contribution in [3.05, 3.63) is 29.8 Å². The van der Waals surface area contributed by atoms with E-state index in [0.29, 0.717) is 12.8 Å². The van der Waals surface area contributed by atoms with E-state index < -0.39 is 35.5 Å². The molecule has 2 atom stereocenters. The van der Waals surface area contributed by atoms with E-state index in [1.54, 1.807) is 24.3 Å². The van der Waals surface area contributed by atoms with Crippen LogP contribution in [0.1, 0.15) is 64.4 Å². The molecular weight excluding hydrogens is 428 g/mol. The number of primary amides is 1. The van der Waals surface area contributed by atoms with Crippen LogP contribution in [0.15, 0.2) is 24.3 Å². The number of carbonyl (C=O) groups excluding carboxylic acids is 4. The number of carboxylic acids is 1. The van der Waals surface area contributed by atoms with E-state index in [0.717, 1.165) is 5.56 Å². The summed E-state index contributed by atoms with van der Waals surface area (Å²) in [5.74, 6) is -3.23. The van der Waals surface area contributed by atoms with Crippen LogP contribution in [0.4, 0.5) is 0 Å². The third kappa shape index (κ3) is 11.8. The fraction of sp³-hybridized carbons (Fsp3) is 0.542. The van der Waals surface area contributed by atoms with Crippen LogP contribution in [0.2, 0.25) is 0 Å². The Morgan fingerprint density at radius 2 is 1.61 bits per heavy atom. The maximum absolute atomic E-state index is 12.9. The van der Waals surface area contributed by atoms with Gasteiger partial charge in [0.1, 0.15) is 11.5 Å².